The van der Waals surface area contributed by atoms with Gasteiger partial charge in [0.2, 0.25) is 0 Å². The largest absolute Gasteiger partial charge is 0.378 e. The third-order valence-electron chi connectivity index (χ3n) is 2.25. The number of allylic oxidation sites excluding steroid dienone is 3. The van der Waals surface area contributed by atoms with Gasteiger partial charge < -0.3 is 4.90 Å². The SMILES string of the molecule is C/C=C(\C(=C\CC)N(C)C)C(C)(C)C. The Morgan fingerprint density at radius 3 is 1.93 bits per heavy atom. The van der Waals surface area contributed by atoms with Crippen molar-refractivity contribution >= 4 is 0 Å². The Hall–Kier alpha value is -0.720. The molecular formula is C13H25N. The molecule has 0 fully saturated rings. The Bertz CT molecular complexity index is 226. The fourth-order valence-electron chi connectivity index (χ4n) is 1.69. The number of nitrogens with zero attached hydrogens (tertiary/aromatic N) is 1. The lowest BCUT2D eigenvalue weighted by atomic mass is 9.83. The highest BCUT2D eigenvalue weighted by molar-refractivity contribution is 5.33. The van der Waals surface area contributed by atoms with Crippen LogP contribution >= 0.6 is 0 Å². The lowest BCUT2D eigenvalue weighted by Gasteiger charge is -2.29. The highest BCUT2D eigenvalue weighted by Gasteiger charge is 2.20. The van der Waals surface area contributed by atoms with Crippen LogP contribution in [0.5, 0.6) is 0 Å². The maximum absolute atomic E-state index is 2.29. The number of rotatable bonds is 3. The van der Waals surface area contributed by atoms with Crippen LogP contribution in [0.15, 0.2) is 23.4 Å². The molecule has 0 bridgehead atoms. The molecule has 0 atom stereocenters. The highest BCUT2D eigenvalue weighted by Crippen LogP contribution is 2.32. The predicted molar refractivity (Wildman–Crippen MR) is 65.3 cm³/mol. The van der Waals surface area contributed by atoms with Gasteiger partial charge in [-0.25, -0.2) is 0 Å². The molecule has 0 aliphatic rings. The van der Waals surface area contributed by atoms with Gasteiger partial charge in [0.15, 0.2) is 0 Å². The van der Waals surface area contributed by atoms with Gasteiger partial charge in [0.25, 0.3) is 0 Å². The van der Waals surface area contributed by atoms with E-state index in [0.717, 1.165) is 6.42 Å². The van der Waals surface area contributed by atoms with Crippen molar-refractivity contribution < 1.29 is 0 Å². The van der Waals surface area contributed by atoms with Crippen molar-refractivity contribution in [1.29, 1.82) is 0 Å². The minimum atomic E-state index is 0.222. The summed E-state index contributed by atoms with van der Waals surface area (Å²) < 4.78 is 0. The Balaban J connectivity index is 5.10. The molecule has 0 amide bonds. The van der Waals surface area contributed by atoms with Crippen molar-refractivity contribution in [3.63, 3.8) is 0 Å². The van der Waals surface area contributed by atoms with Gasteiger partial charge in [0, 0.05) is 19.8 Å². The van der Waals surface area contributed by atoms with Crippen LogP contribution < -0.4 is 0 Å². The second-order valence-corrected chi connectivity index (χ2v) is 4.84. The standard InChI is InChI=1S/C13H25N/c1-8-10-12(14(6)7)11(9-2)13(3,4)5/h9-10H,8H2,1-7H3/b11-9+,12-10-. The second kappa shape index (κ2) is 5.23. The van der Waals surface area contributed by atoms with E-state index in [1.54, 1.807) is 0 Å². The fourth-order valence-corrected chi connectivity index (χ4v) is 1.69. The zero-order valence-corrected chi connectivity index (χ0v) is 10.8. The van der Waals surface area contributed by atoms with Gasteiger partial charge in [0.1, 0.15) is 0 Å². The molecule has 0 aromatic carbocycles. The zero-order chi connectivity index (χ0) is 11.4. The minimum absolute atomic E-state index is 0.222. The van der Waals surface area contributed by atoms with E-state index in [-0.39, 0.29) is 5.41 Å². The molecule has 0 aromatic heterocycles. The lowest BCUT2D eigenvalue weighted by molar-refractivity contribution is 0.443. The molecule has 0 aliphatic carbocycles. The van der Waals surface area contributed by atoms with Crippen LogP contribution in [0.3, 0.4) is 0 Å². The van der Waals surface area contributed by atoms with Gasteiger partial charge in [-0.1, -0.05) is 39.8 Å². The van der Waals surface area contributed by atoms with Crippen LogP contribution in [0.1, 0.15) is 41.0 Å². The summed E-state index contributed by atoms with van der Waals surface area (Å²) in [6.07, 6.45) is 5.60. The summed E-state index contributed by atoms with van der Waals surface area (Å²) in [7, 11) is 4.22. The molecule has 82 valence electrons. The van der Waals surface area contributed by atoms with E-state index >= 15 is 0 Å². The van der Waals surface area contributed by atoms with Crippen LogP contribution in [-0.2, 0) is 0 Å². The van der Waals surface area contributed by atoms with E-state index < -0.39 is 0 Å². The molecule has 0 aliphatic heterocycles. The van der Waals surface area contributed by atoms with E-state index in [1.165, 1.54) is 11.3 Å². The molecule has 0 saturated heterocycles. The van der Waals surface area contributed by atoms with Gasteiger partial charge in [-0.15, -0.1) is 0 Å². The molecule has 0 N–H and O–H groups in total. The molecule has 1 heteroatoms. The van der Waals surface area contributed by atoms with Crippen LogP contribution in [0.2, 0.25) is 0 Å². The van der Waals surface area contributed by atoms with E-state index in [9.17, 15) is 0 Å². The van der Waals surface area contributed by atoms with Crippen molar-refractivity contribution in [2.75, 3.05) is 14.1 Å². The third kappa shape index (κ3) is 3.57. The Labute approximate surface area is 89.5 Å². The predicted octanol–water partition coefficient (Wildman–Crippen LogP) is 3.83. The Morgan fingerprint density at radius 1 is 1.21 bits per heavy atom. The number of likely N-dealkylation sites (N-methyl/N-ethyl adjacent to an activating group) is 1. The first-order valence-corrected chi connectivity index (χ1v) is 5.39. The van der Waals surface area contributed by atoms with Gasteiger partial charge in [-0.2, -0.15) is 0 Å². The van der Waals surface area contributed by atoms with Crippen LogP contribution in [0, 0.1) is 5.41 Å². The molecule has 0 saturated carbocycles. The van der Waals surface area contributed by atoms with Gasteiger partial charge in [-0.05, 0) is 24.3 Å². The van der Waals surface area contributed by atoms with E-state index in [4.69, 9.17) is 0 Å². The molecule has 0 aromatic rings. The van der Waals surface area contributed by atoms with E-state index in [1.807, 2.05) is 0 Å². The van der Waals surface area contributed by atoms with Crippen molar-refractivity contribution in [2.24, 2.45) is 5.41 Å². The lowest BCUT2D eigenvalue weighted by Crippen LogP contribution is -2.21. The van der Waals surface area contributed by atoms with Crippen LogP contribution in [0.4, 0.5) is 0 Å². The quantitative estimate of drug-likeness (QED) is 0.619. The maximum Gasteiger partial charge on any atom is 0.0354 e. The summed E-state index contributed by atoms with van der Waals surface area (Å²) in [6.45, 7) is 11.1. The topological polar surface area (TPSA) is 3.24 Å². The normalized spacial score (nSPS) is 14.5. The van der Waals surface area contributed by atoms with Crippen molar-refractivity contribution in [3.05, 3.63) is 23.4 Å². The van der Waals surface area contributed by atoms with Crippen molar-refractivity contribution in [1.82, 2.24) is 4.90 Å². The average Bonchev–Trinajstić information content (AvgIpc) is 2.01. The third-order valence-corrected chi connectivity index (χ3v) is 2.25. The number of hydrogen-bond donors (Lipinski definition) is 0. The first-order valence-electron chi connectivity index (χ1n) is 5.39. The maximum atomic E-state index is 2.29. The van der Waals surface area contributed by atoms with Crippen molar-refractivity contribution in [3.8, 4) is 0 Å². The summed E-state index contributed by atoms with van der Waals surface area (Å²) in [4.78, 5) is 2.20. The summed E-state index contributed by atoms with van der Waals surface area (Å²) in [5, 5.41) is 0. The smallest absolute Gasteiger partial charge is 0.0354 e. The molecule has 14 heavy (non-hydrogen) atoms. The summed E-state index contributed by atoms with van der Waals surface area (Å²) in [5.41, 5.74) is 2.99. The minimum Gasteiger partial charge on any atom is -0.378 e. The van der Waals surface area contributed by atoms with E-state index in [2.05, 4.69) is 65.8 Å². The molecular weight excluding hydrogens is 170 g/mol. The monoisotopic (exact) mass is 195 g/mol. The average molecular weight is 195 g/mol. The second-order valence-electron chi connectivity index (χ2n) is 4.84. The molecule has 0 spiro atoms. The summed E-state index contributed by atoms with van der Waals surface area (Å²) in [6, 6.07) is 0. The van der Waals surface area contributed by atoms with Gasteiger partial charge >= 0.3 is 0 Å². The molecule has 0 radical (unpaired) electrons. The zero-order valence-electron chi connectivity index (χ0n) is 10.8. The Morgan fingerprint density at radius 2 is 1.71 bits per heavy atom. The molecule has 0 unspecified atom stereocenters. The molecule has 0 rings (SSSR count). The summed E-state index contributed by atoms with van der Waals surface area (Å²) >= 11 is 0. The van der Waals surface area contributed by atoms with Crippen molar-refractivity contribution in [2.45, 2.75) is 41.0 Å². The number of hydrogen-bond acceptors (Lipinski definition) is 1. The summed E-state index contributed by atoms with van der Waals surface area (Å²) in [5.74, 6) is 0. The van der Waals surface area contributed by atoms with Crippen LogP contribution in [0.25, 0.3) is 0 Å². The molecule has 1 nitrogen and oxygen atoms in total. The van der Waals surface area contributed by atoms with Gasteiger partial charge in [-0.3, -0.25) is 0 Å². The fraction of sp³-hybridized carbons (Fsp3) is 0.692. The first-order chi connectivity index (χ1) is 6.34. The first kappa shape index (κ1) is 13.3. The van der Waals surface area contributed by atoms with Gasteiger partial charge in [0.05, 0.1) is 0 Å². The Kier molecular flexibility index (Phi) is 4.96. The van der Waals surface area contributed by atoms with E-state index in [0.29, 0.717) is 0 Å². The highest BCUT2D eigenvalue weighted by atomic mass is 15.1. The van der Waals surface area contributed by atoms with Crippen LogP contribution in [-0.4, -0.2) is 19.0 Å². The molecule has 0 heterocycles.